The van der Waals surface area contributed by atoms with E-state index in [1.54, 1.807) is 28.8 Å². The van der Waals surface area contributed by atoms with Crippen molar-refractivity contribution >= 4 is 38.2 Å². The van der Waals surface area contributed by atoms with E-state index < -0.39 is 21.6 Å². The number of hydrogen-bond acceptors (Lipinski definition) is 5. The Kier molecular flexibility index (Phi) is 5.09. The summed E-state index contributed by atoms with van der Waals surface area (Å²) in [6, 6.07) is 9.24. The summed E-state index contributed by atoms with van der Waals surface area (Å²) in [5, 5.41) is 3.94. The zero-order chi connectivity index (χ0) is 24.4. The predicted octanol–water partition coefficient (Wildman–Crippen LogP) is 3.76. The van der Waals surface area contributed by atoms with Gasteiger partial charge in [-0.15, -0.1) is 0 Å². The Morgan fingerprint density at radius 1 is 1.18 bits per heavy atom. The Hall–Kier alpha value is -3.20. The van der Waals surface area contributed by atoms with Crippen LogP contribution in [0.4, 0.5) is 10.1 Å². The summed E-state index contributed by atoms with van der Waals surface area (Å²) >= 11 is 0. The Labute approximate surface area is 197 Å². The van der Waals surface area contributed by atoms with E-state index in [0.29, 0.717) is 30.5 Å². The highest BCUT2D eigenvalue weighted by molar-refractivity contribution is 7.91. The zero-order valence-electron chi connectivity index (χ0n) is 19.0. The normalized spacial score (nSPS) is 20.9. The monoisotopic (exact) mass is 483 g/mol. The van der Waals surface area contributed by atoms with Gasteiger partial charge < -0.3 is 11.1 Å². The van der Waals surface area contributed by atoms with Gasteiger partial charge in [0.25, 0.3) is 5.91 Å². The number of fused-ring (bicyclic) bond motifs is 3. The molecule has 0 spiro atoms. The van der Waals surface area contributed by atoms with Crippen LogP contribution in [0.15, 0.2) is 36.4 Å². The van der Waals surface area contributed by atoms with Gasteiger partial charge >= 0.3 is 0 Å². The predicted molar refractivity (Wildman–Crippen MR) is 129 cm³/mol. The van der Waals surface area contributed by atoms with Crippen LogP contribution in [0, 0.1) is 11.2 Å². The molecule has 34 heavy (non-hydrogen) atoms. The van der Waals surface area contributed by atoms with Crippen LogP contribution in [0.5, 0.6) is 0 Å². The molecule has 1 amide bonds. The molecule has 2 aliphatic rings. The van der Waals surface area contributed by atoms with Crippen molar-refractivity contribution in [3.05, 3.63) is 53.5 Å². The SMILES string of the molecule is CC1(C)CC(=O)n2c(c(-c3ccc(C(N)=O)c(NC4CCS(=O)(=O)C4)c3)c3ccc(F)cc32)C1. The molecule has 2 aliphatic heterocycles. The van der Waals surface area contributed by atoms with Crippen molar-refractivity contribution in [3.8, 4) is 11.1 Å². The molecule has 3 N–H and O–H groups in total. The lowest BCUT2D eigenvalue weighted by Crippen LogP contribution is -2.31. The lowest BCUT2D eigenvalue weighted by atomic mass is 9.80. The van der Waals surface area contributed by atoms with Crippen molar-refractivity contribution in [3.63, 3.8) is 0 Å². The highest BCUT2D eigenvalue weighted by Crippen LogP contribution is 2.43. The second-order valence-corrected chi connectivity index (χ2v) is 12.3. The van der Waals surface area contributed by atoms with Gasteiger partial charge in [0.05, 0.1) is 22.6 Å². The van der Waals surface area contributed by atoms with E-state index in [0.717, 1.165) is 22.2 Å². The Morgan fingerprint density at radius 3 is 2.62 bits per heavy atom. The van der Waals surface area contributed by atoms with Crippen molar-refractivity contribution in [2.45, 2.75) is 39.2 Å². The highest BCUT2D eigenvalue weighted by atomic mass is 32.2. The molecule has 178 valence electrons. The summed E-state index contributed by atoms with van der Waals surface area (Å²) in [4.78, 5) is 25.2. The largest absolute Gasteiger partial charge is 0.381 e. The molecule has 3 aromatic rings. The summed E-state index contributed by atoms with van der Waals surface area (Å²) in [5.41, 5.74) is 8.89. The standard InChI is InChI=1S/C25H26FN3O4S/c1-25(2)11-21-23(18-6-4-15(26)10-20(18)29(21)22(30)12-25)14-3-5-17(24(27)31)19(9-14)28-16-7-8-34(32,33)13-16/h3-6,9-10,16,28H,7-8,11-13H2,1-2H3,(H2,27,31). The van der Waals surface area contributed by atoms with Gasteiger partial charge in [-0.3, -0.25) is 14.2 Å². The van der Waals surface area contributed by atoms with Crippen LogP contribution in [0.25, 0.3) is 22.0 Å². The van der Waals surface area contributed by atoms with E-state index >= 15 is 0 Å². The second kappa shape index (κ2) is 7.66. The van der Waals surface area contributed by atoms with Gasteiger partial charge in [-0.2, -0.15) is 0 Å². The number of amides is 1. The number of hydrogen-bond donors (Lipinski definition) is 2. The maximum atomic E-state index is 14.2. The average molecular weight is 484 g/mol. The number of carbonyl (C=O) groups excluding carboxylic acids is 2. The van der Waals surface area contributed by atoms with Gasteiger partial charge in [-0.05, 0) is 54.2 Å². The van der Waals surface area contributed by atoms with Crippen molar-refractivity contribution in [2.24, 2.45) is 11.1 Å². The first-order chi connectivity index (χ1) is 15.9. The number of anilines is 1. The number of halogens is 1. The number of nitrogens with one attached hydrogen (secondary N) is 1. The van der Waals surface area contributed by atoms with Crippen molar-refractivity contribution in [1.82, 2.24) is 4.57 Å². The molecule has 3 heterocycles. The third-order valence-electron chi connectivity index (χ3n) is 6.72. The van der Waals surface area contributed by atoms with Crippen molar-refractivity contribution in [2.75, 3.05) is 16.8 Å². The number of rotatable bonds is 4. The molecular weight excluding hydrogens is 457 g/mol. The molecule has 1 aromatic heterocycles. The zero-order valence-corrected chi connectivity index (χ0v) is 19.8. The van der Waals surface area contributed by atoms with Crippen LogP contribution in [-0.4, -0.2) is 42.3 Å². The first-order valence-electron chi connectivity index (χ1n) is 11.2. The summed E-state index contributed by atoms with van der Waals surface area (Å²) in [7, 11) is -3.12. The van der Waals surface area contributed by atoms with Crippen LogP contribution < -0.4 is 11.1 Å². The maximum Gasteiger partial charge on any atom is 0.250 e. The fourth-order valence-corrected chi connectivity index (χ4v) is 6.93. The second-order valence-electron chi connectivity index (χ2n) is 10.1. The van der Waals surface area contributed by atoms with Gasteiger partial charge in [0.2, 0.25) is 5.91 Å². The molecule has 1 saturated heterocycles. The Morgan fingerprint density at radius 2 is 1.94 bits per heavy atom. The molecule has 2 aromatic carbocycles. The van der Waals surface area contributed by atoms with Crippen LogP contribution in [0.3, 0.4) is 0 Å². The summed E-state index contributed by atoms with van der Waals surface area (Å²) in [5.74, 6) is -1.06. The lowest BCUT2D eigenvalue weighted by molar-refractivity contribution is 0.0816. The third kappa shape index (κ3) is 3.87. The number of primary amides is 1. The van der Waals surface area contributed by atoms with Crippen molar-refractivity contribution in [1.29, 1.82) is 0 Å². The molecule has 5 rings (SSSR count). The van der Waals surface area contributed by atoms with E-state index in [-0.39, 0.29) is 34.4 Å². The minimum atomic E-state index is -3.12. The number of carbonyl (C=O) groups is 2. The number of nitrogens with two attached hydrogens (primary N) is 1. The fourth-order valence-electron chi connectivity index (χ4n) is 5.26. The minimum Gasteiger partial charge on any atom is -0.381 e. The van der Waals surface area contributed by atoms with Gasteiger partial charge in [-0.1, -0.05) is 19.9 Å². The van der Waals surface area contributed by atoms with Gasteiger partial charge in [0, 0.05) is 34.8 Å². The Balaban J connectivity index is 1.70. The fraction of sp³-hybridized carbons (Fsp3) is 0.360. The minimum absolute atomic E-state index is 0.0119. The number of benzene rings is 2. The molecule has 1 atom stereocenters. The Bertz CT molecular complexity index is 1470. The number of aromatic nitrogens is 1. The van der Waals surface area contributed by atoms with Crippen LogP contribution >= 0.6 is 0 Å². The van der Waals surface area contributed by atoms with Gasteiger partial charge in [0.15, 0.2) is 9.84 Å². The molecule has 7 nitrogen and oxygen atoms in total. The molecule has 0 radical (unpaired) electrons. The van der Waals surface area contributed by atoms with E-state index in [1.165, 1.54) is 12.1 Å². The van der Waals surface area contributed by atoms with Crippen molar-refractivity contribution < 1.29 is 22.4 Å². The first kappa shape index (κ1) is 22.6. The molecule has 9 heteroatoms. The van der Waals surface area contributed by atoms with Crippen LogP contribution in [0.1, 0.15) is 47.5 Å². The third-order valence-corrected chi connectivity index (χ3v) is 8.49. The topological polar surface area (TPSA) is 111 Å². The highest BCUT2D eigenvalue weighted by Gasteiger charge is 2.35. The average Bonchev–Trinajstić information content (AvgIpc) is 3.22. The lowest BCUT2D eigenvalue weighted by Gasteiger charge is -2.30. The quantitative estimate of drug-likeness (QED) is 0.587. The van der Waals surface area contributed by atoms with Crippen LogP contribution in [-0.2, 0) is 16.3 Å². The van der Waals surface area contributed by atoms with E-state index in [4.69, 9.17) is 5.73 Å². The molecule has 0 bridgehead atoms. The number of nitrogens with zero attached hydrogens (tertiary/aromatic N) is 1. The van der Waals surface area contributed by atoms with E-state index in [1.807, 2.05) is 13.8 Å². The van der Waals surface area contributed by atoms with E-state index in [2.05, 4.69) is 5.32 Å². The molecule has 1 fully saturated rings. The molecule has 0 aliphatic carbocycles. The van der Waals surface area contributed by atoms with Gasteiger partial charge in [-0.25, -0.2) is 12.8 Å². The van der Waals surface area contributed by atoms with E-state index in [9.17, 15) is 22.4 Å². The van der Waals surface area contributed by atoms with Gasteiger partial charge in [0.1, 0.15) is 5.82 Å². The number of sulfone groups is 1. The smallest absolute Gasteiger partial charge is 0.250 e. The molecule has 1 unspecified atom stereocenters. The van der Waals surface area contributed by atoms with Crippen LogP contribution in [0.2, 0.25) is 0 Å². The maximum absolute atomic E-state index is 14.2. The molecule has 0 saturated carbocycles. The summed E-state index contributed by atoms with van der Waals surface area (Å²) < 4.78 is 39.6. The summed E-state index contributed by atoms with van der Waals surface area (Å²) in [6.07, 6.45) is 1.41. The first-order valence-corrected chi connectivity index (χ1v) is 13.0. The molecular formula is C25H26FN3O4S. The summed E-state index contributed by atoms with van der Waals surface area (Å²) in [6.45, 7) is 4.06.